The van der Waals surface area contributed by atoms with Crippen molar-refractivity contribution in [2.45, 2.75) is 38.3 Å². The van der Waals surface area contributed by atoms with Crippen LogP contribution in [0.15, 0.2) is 42.5 Å². The van der Waals surface area contributed by atoms with Crippen LogP contribution in [0.4, 0.5) is 5.69 Å². The van der Waals surface area contributed by atoms with Crippen molar-refractivity contribution in [2.24, 2.45) is 0 Å². The Morgan fingerprint density at radius 3 is 2.61 bits per heavy atom. The average molecular weight is 379 g/mol. The van der Waals surface area contributed by atoms with Crippen LogP contribution >= 0.6 is 0 Å². The van der Waals surface area contributed by atoms with Gasteiger partial charge in [-0.2, -0.15) is 0 Å². The molecule has 3 heterocycles. The van der Waals surface area contributed by atoms with Crippen LogP contribution in [0.25, 0.3) is 0 Å². The Morgan fingerprint density at radius 1 is 1.04 bits per heavy atom. The highest BCUT2D eigenvalue weighted by Crippen LogP contribution is 2.39. The average Bonchev–Trinajstić information content (AvgIpc) is 3.08. The number of fused-ring (bicyclic) bond motifs is 1. The van der Waals surface area contributed by atoms with Crippen molar-refractivity contribution < 1.29 is 19.2 Å². The molecule has 0 spiro atoms. The molecule has 2 aromatic carbocycles. The van der Waals surface area contributed by atoms with E-state index < -0.39 is 5.72 Å². The Morgan fingerprint density at radius 2 is 1.82 bits per heavy atom. The Hall–Kier alpha value is -2.53. The second-order valence-corrected chi connectivity index (χ2v) is 7.81. The summed E-state index contributed by atoms with van der Waals surface area (Å²) in [6.45, 7) is 4.68. The molecule has 0 unspecified atom stereocenters. The smallest absolute Gasteiger partial charge is 0.271 e. The van der Waals surface area contributed by atoms with E-state index in [1.54, 1.807) is 0 Å². The van der Waals surface area contributed by atoms with Crippen LogP contribution in [0.2, 0.25) is 0 Å². The molecule has 5 nitrogen and oxygen atoms in total. The molecule has 3 aliphatic heterocycles. The molecule has 0 aliphatic carbocycles. The lowest BCUT2D eigenvalue weighted by atomic mass is 10.0. The molecular weight excluding hydrogens is 352 g/mol. The van der Waals surface area contributed by atoms with Crippen LogP contribution in [0, 0.1) is 0 Å². The maximum absolute atomic E-state index is 11.9. The van der Waals surface area contributed by atoms with Crippen molar-refractivity contribution >= 4 is 11.5 Å². The van der Waals surface area contributed by atoms with Gasteiger partial charge in [-0.1, -0.05) is 19.1 Å². The number of benzene rings is 2. The van der Waals surface area contributed by atoms with E-state index in [2.05, 4.69) is 40.7 Å². The van der Waals surface area contributed by atoms with Gasteiger partial charge in [-0.15, -0.1) is 0 Å². The van der Waals surface area contributed by atoms with Crippen molar-refractivity contribution in [1.29, 1.82) is 0 Å². The van der Waals surface area contributed by atoms with Crippen LogP contribution in [0.1, 0.15) is 37.3 Å². The highest BCUT2D eigenvalue weighted by Gasteiger charge is 2.52. The molecule has 146 valence electrons. The highest BCUT2D eigenvalue weighted by atomic mass is 16.6. The first-order chi connectivity index (χ1) is 13.7. The molecule has 1 atom stereocenters. The van der Waals surface area contributed by atoms with E-state index in [4.69, 9.17) is 9.47 Å². The summed E-state index contributed by atoms with van der Waals surface area (Å²) in [7, 11) is 0. The van der Waals surface area contributed by atoms with Gasteiger partial charge in [0.25, 0.3) is 11.6 Å². The molecule has 0 radical (unpaired) electrons. The monoisotopic (exact) mass is 379 g/mol. The minimum atomic E-state index is -1.06. The molecule has 0 aromatic heterocycles. The van der Waals surface area contributed by atoms with E-state index in [1.807, 2.05) is 18.2 Å². The van der Waals surface area contributed by atoms with Gasteiger partial charge in [0.1, 0.15) is 18.9 Å². The molecule has 0 saturated heterocycles. The van der Waals surface area contributed by atoms with Crippen LogP contribution in [0.5, 0.6) is 11.5 Å². The Labute approximate surface area is 165 Å². The maximum Gasteiger partial charge on any atom is 0.271 e. The van der Waals surface area contributed by atoms with Gasteiger partial charge in [0.15, 0.2) is 18.0 Å². The number of rotatable bonds is 3. The summed E-state index contributed by atoms with van der Waals surface area (Å²) in [6, 6.07) is 14.6. The molecule has 0 fully saturated rings. The van der Waals surface area contributed by atoms with E-state index in [0.29, 0.717) is 19.8 Å². The van der Waals surface area contributed by atoms with Gasteiger partial charge < -0.3 is 14.6 Å². The predicted octanol–water partition coefficient (Wildman–Crippen LogP) is 3.28. The fraction of sp³-hybridized carbons (Fsp3) is 0.435. The van der Waals surface area contributed by atoms with Gasteiger partial charge >= 0.3 is 0 Å². The van der Waals surface area contributed by atoms with E-state index >= 15 is 0 Å². The third kappa shape index (κ3) is 2.76. The largest absolute Gasteiger partial charge is 0.486 e. The summed E-state index contributed by atoms with van der Waals surface area (Å²) in [4.78, 5) is 2.29. The standard InChI is InChI=1S/C23H27N2O3/c1-2-17-6-9-19(10-7-17)24-16-23(26,25-12-4-3-5-22(24)25)18-8-11-20-21(15-18)28-14-13-27-20/h6-11,15,26H,2-5,12-14,16H2,1H3/q+1/t23-/m0/s1. The topological polar surface area (TPSA) is 44.9 Å². The number of ether oxygens (including phenoxy) is 2. The molecule has 0 bridgehead atoms. The van der Waals surface area contributed by atoms with Crippen LogP contribution < -0.4 is 14.4 Å². The van der Waals surface area contributed by atoms with Gasteiger partial charge in [-0.25, -0.2) is 9.48 Å². The number of hydrogen-bond donors (Lipinski definition) is 1. The second-order valence-electron chi connectivity index (χ2n) is 7.81. The minimum absolute atomic E-state index is 0.521. The summed E-state index contributed by atoms with van der Waals surface area (Å²) < 4.78 is 13.6. The lowest BCUT2D eigenvalue weighted by Gasteiger charge is -2.26. The fourth-order valence-electron chi connectivity index (χ4n) is 4.58. The first-order valence-corrected chi connectivity index (χ1v) is 10.3. The zero-order valence-electron chi connectivity index (χ0n) is 16.4. The summed E-state index contributed by atoms with van der Waals surface area (Å²) in [5.41, 5.74) is 2.28. The number of amidine groups is 1. The van der Waals surface area contributed by atoms with Gasteiger partial charge in [-0.3, -0.25) is 0 Å². The first kappa shape index (κ1) is 17.6. The second kappa shape index (κ2) is 6.82. The molecule has 3 aliphatic rings. The zero-order chi connectivity index (χ0) is 19.1. The quantitative estimate of drug-likeness (QED) is 0.832. The summed E-state index contributed by atoms with van der Waals surface area (Å²) in [6.07, 6.45) is 4.28. The van der Waals surface area contributed by atoms with Crippen molar-refractivity contribution in [3.8, 4) is 11.5 Å². The van der Waals surface area contributed by atoms with Crippen molar-refractivity contribution in [3.63, 3.8) is 0 Å². The van der Waals surface area contributed by atoms with Crippen molar-refractivity contribution in [1.82, 2.24) is 0 Å². The molecular formula is C23H27N2O3+. The minimum Gasteiger partial charge on any atom is -0.486 e. The molecule has 0 saturated carbocycles. The van der Waals surface area contributed by atoms with Crippen molar-refractivity contribution in [2.75, 3.05) is 31.2 Å². The predicted molar refractivity (Wildman–Crippen MR) is 108 cm³/mol. The van der Waals surface area contributed by atoms with Gasteiger partial charge in [0.2, 0.25) is 0 Å². The fourth-order valence-corrected chi connectivity index (χ4v) is 4.58. The van der Waals surface area contributed by atoms with E-state index in [1.165, 1.54) is 11.4 Å². The lowest BCUT2D eigenvalue weighted by Crippen LogP contribution is -2.41. The third-order valence-electron chi connectivity index (χ3n) is 6.14. The molecule has 0 amide bonds. The molecule has 28 heavy (non-hydrogen) atoms. The number of anilines is 1. The van der Waals surface area contributed by atoms with Crippen molar-refractivity contribution in [3.05, 3.63) is 53.6 Å². The highest BCUT2D eigenvalue weighted by molar-refractivity contribution is 5.96. The molecule has 5 rings (SSSR count). The number of aliphatic hydroxyl groups is 1. The van der Waals surface area contributed by atoms with E-state index in [-0.39, 0.29) is 0 Å². The van der Waals surface area contributed by atoms with Gasteiger partial charge in [0.05, 0.1) is 6.54 Å². The van der Waals surface area contributed by atoms with Gasteiger partial charge in [0, 0.05) is 12.0 Å². The zero-order valence-corrected chi connectivity index (χ0v) is 16.4. The third-order valence-corrected chi connectivity index (χ3v) is 6.14. The Kier molecular flexibility index (Phi) is 4.27. The molecule has 1 N–H and O–H groups in total. The van der Waals surface area contributed by atoms with Gasteiger partial charge in [-0.05, 0) is 55.2 Å². The number of β-amino-alcohol motifs (C(OH)–C–C–N with tert-alkyl or cyclic N) is 1. The Bertz CT molecular complexity index is 922. The lowest BCUT2D eigenvalue weighted by molar-refractivity contribution is -0.661. The number of aryl methyl sites for hydroxylation is 1. The Balaban J connectivity index is 1.55. The summed E-state index contributed by atoms with van der Waals surface area (Å²) in [5, 5.41) is 11.9. The van der Waals surface area contributed by atoms with E-state index in [9.17, 15) is 5.11 Å². The summed E-state index contributed by atoms with van der Waals surface area (Å²) >= 11 is 0. The molecule has 5 heteroatoms. The van der Waals surface area contributed by atoms with Crippen LogP contribution in [-0.4, -0.2) is 41.8 Å². The summed E-state index contributed by atoms with van der Waals surface area (Å²) in [5.74, 6) is 2.70. The van der Waals surface area contributed by atoms with Crippen LogP contribution in [0.3, 0.4) is 0 Å². The normalized spacial score (nSPS) is 23.7. The van der Waals surface area contributed by atoms with Crippen LogP contribution in [-0.2, 0) is 12.1 Å². The first-order valence-electron chi connectivity index (χ1n) is 10.3. The molecule has 2 aromatic rings. The SMILES string of the molecule is CCc1ccc(N2C[C@](O)(c3ccc4c(c3)OCCO4)[N+]3=C2CCCC3)cc1. The number of nitrogens with zero attached hydrogens (tertiary/aromatic N) is 2. The maximum atomic E-state index is 11.9. The van der Waals surface area contributed by atoms with E-state index in [0.717, 1.165) is 55.0 Å². The number of hydrogen-bond acceptors (Lipinski definition) is 4.